The molecule has 0 atom stereocenters. The maximum absolute atomic E-state index is 13.6. The second-order valence-corrected chi connectivity index (χ2v) is 7.67. The minimum absolute atomic E-state index is 0.00869. The van der Waals surface area contributed by atoms with Crippen LogP contribution in [0.5, 0.6) is 0 Å². The van der Waals surface area contributed by atoms with E-state index >= 15 is 0 Å². The highest BCUT2D eigenvalue weighted by molar-refractivity contribution is 7.99. The van der Waals surface area contributed by atoms with Crippen LogP contribution in [0.25, 0.3) is 11.4 Å². The number of carbonyl (C=O) groups is 1. The van der Waals surface area contributed by atoms with Crippen LogP contribution in [0.3, 0.4) is 0 Å². The van der Waals surface area contributed by atoms with Gasteiger partial charge in [0, 0.05) is 28.4 Å². The summed E-state index contributed by atoms with van der Waals surface area (Å²) in [6.07, 6.45) is 1.73. The highest BCUT2D eigenvalue weighted by atomic mass is 32.2. The topological polar surface area (TPSA) is 59.8 Å². The fourth-order valence-electron chi connectivity index (χ4n) is 2.37. The molecule has 0 saturated heterocycles. The fraction of sp³-hybridized carbons (Fsp3) is 0.167. The second-order valence-electron chi connectivity index (χ2n) is 5.61. The van der Waals surface area contributed by atoms with Gasteiger partial charge in [0.1, 0.15) is 11.6 Å². The van der Waals surface area contributed by atoms with E-state index in [4.69, 9.17) is 0 Å². The first-order chi connectivity index (χ1) is 13.0. The van der Waals surface area contributed by atoms with Crippen molar-refractivity contribution < 1.29 is 13.6 Å². The smallest absolute Gasteiger partial charge is 0.234 e. The van der Waals surface area contributed by atoms with E-state index in [1.54, 1.807) is 17.4 Å². The molecular weight excluding hydrogens is 390 g/mol. The van der Waals surface area contributed by atoms with Gasteiger partial charge in [-0.05, 0) is 25.1 Å². The molecule has 0 aliphatic carbocycles. The summed E-state index contributed by atoms with van der Waals surface area (Å²) in [5.41, 5.74) is 0.889. The Morgan fingerprint density at radius 2 is 2.19 bits per heavy atom. The Labute approximate surface area is 163 Å². The highest BCUT2D eigenvalue weighted by Gasteiger charge is 2.16. The SMILES string of the molecule is C=CCn1c(SCC(=O)Nc2ccc(F)cc2F)nnc1-c1csc(C)c1. The lowest BCUT2D eigenvalue weighted by Crippen LogP contribution is -2.15. The van der Waals surface area contributed by atoms with Crippen molar-refractivity contribution in [2.45, 2.75) is 18.6 Å². The van der Waals surface area contributed by atoms with Crippen molar-refractivity contribution in [2.24, 2.45) is 0 Å². The van der Waals surface area contributed by atoms with Gasteiger partial charge in [-0.15, -0.1) is 28.1 Å². The number of amides is 1. The molecule has 2 aromatic heterocycles. The van der Waals surface area contributed by atoms with Crippen molar-refractivity contribution in [3.8, 4) is 11.4 Å². The number of hydrogen-bond donors (Lipinski definition) is 1. The Morgan fingerprint density at radius 3 is 2.85 bits per heavy atom. The Bertz CT molecular complexity index is 984. The van der Waals surface area contributed by atoms with Gasteiger partial charge in [0.25, 0.3) is 0 Å². The van der Waals surface area contributed by atoms with E-state index in [1.807, 2.05) is 22.9 Å². The molecule has 1 N–H and O–H groups in total. The van der Waals surface area contributed by atoms with Crippen LogP contribution in [-0.2, 0) is 11.3 Å². The third-order valence-electron chi connectivity index (χ3n) is 3.55. The molecule has 0 spiro atoms. The quantitative estimate of drug-likeness (QED) is 0.463. The molecule has 0 bridgehead atoms. The summed E-state index contributed by atoms with van der Waals surface area (Å²) in [6.45, 7) is 6.25. The van der Waals surface area contributed by atoms with Gasteiger partial charge in [0.15, 0.2) is 11.0 Å². The minimum Gasteiger partial charge on any atom is -0.323 e. The molecule has 0 aliphatic heterocycles. The van der Waals surface area contributed by atoms with Crippen LogP contribution in [0.1, 0.15) is 4.88 Å². The lowest BCUT2D eigenvalue weighted by molar-refractivity contribution is -0.113. The number of halogens is 2. The van der Waals surface area contributed by atoms with E-state index in [0.29, 0.717) is 17.5 Å². The zero-order chi connectivity index (χ0) is 19.4. The average Bonchev–Trinajstić information content (AvgIpc) is 3.22. The first-order valence-electron chi connectivity index (χ1n) is 7.95. The number of nitrogens with zero attached hydrogens (tertiary/aromatic N) is 3. The lowest BCUT2D eigenvalue weighted by Gasteiger charge is -2.08. The van der Waals surface area contributed by atoms with Crippen LogP contribution in [-0.4, -0.2) is 26.4 Å². The number of aromatic nitrogens is 3. The molecule has 140 valence electrons. The Kier molecular flexibility index (Phi) is 6.02. The molecule has 9 heteroatoms. The molecule has 0 saturated carbocycles. The zero-order valence-electron chi connectivity index (χ0n) is 14.4. The Morgan fingerprint density at radius 1 is 1.37 bits per heavy atom. The maximum atomic E-state index is 13.6. The predicted octanol–water partition coefficient (Wildman–Crippen LogP) is 4.51. The van der Waals surface area contributed by atoms with Gasteiger partial charge in [-0.2, -0.15) is 0 Å². The van der Waals surface area contributed by atoms with Crippen molar-refractivity contribution >= 4 is 34.7 Å². The third-order valence-corrected chi connectivity index (χ3v) is 5.38. The molecular formula is C18H16F2N4OS2. The monoisotopic (exact) mass is 406 g/mol. The molecule has 0 unspecified atom stereocenters. The largest absolute Gasteiger partial charge is 0.323 e. The second kappa shape index (κ2) is 8.45. The van der Waals surface area contributed by atoms with Gasteiger partial charge in [-0.1, -0.05) is 17.8 Å². The first kappa shape index (κ1) is 19.2. The minimum atomic E-state index is -0.821. The van der Waals surface area contributed by atoms with Crippen molar-refractivity contribution in [3.63, 3.8) is 0 Å². The predicted molar refractivity (Wildman–Crippen MR) is 104 cm³/mol. The molecule has 0 aliphatic rings. The summed E-state index contributed by atoms with van der Waals surface area (Å²) in [4.78, 5) is 13.3. The van der Waals surface area contributed by atoms with Crippen LogP contribution in [0.4, 0.5) is 14.5 Å². The van der Waals surface area contributed by atoms with E-state index in [1.165, 1.54) is 17.8 Å². The number of allylic oxidation sites excluding steroid dienone is 1. The van der Waals surface area contributed by atoms with E-state index in [9.17, 15) is 13.6 Å². The molecule has 3 aromatic rings. The number of anilines is 1. The number of nitrogens with one attached hydrogen (secondary N) is 1. The summed E-state index contributed by atoms with van der Waals surface area (Å²) in [5, 5.41) is 13.4. The van der Waals surface area contributed by atoms with Gasteiger partial charge in [-0.25, -0.2) is 8.78 Å². The average molecular weight is 406 g/mol. The molecule has 0 radical (unpaired) electrons. The van der Waals surface area contributed by atoms with Gasteiger partial charge in [0.05, 0.1) is 11.4 Å². The van der Waals surface area contributed by atoms with Gasteiger partial charge in [0.2, 0.25) is 5.91 Å². The van der Waals surface area contributed by atoms with Crippen LogP contribution in [0.2, 0.25) is 0 Å². The molecule has 3 rings (SSSR count). The van der Waals surface area contributed by atoms with E-state index in [0.717, 1.165) is 22.6 Å². The van der Waals surface area contributed by atoms with E-state index < -0.39 is 17.5 Å². The number of benzene rings is 1. The highest BCUT2D eigenvalue weighted by Crippen LogP contribution is 2.27. The summed E-state index contributed by atoms with van der Waals surface area (Å²) in [6, 6.07) is 5.01. The molecule has 5 nitrogen and oxygen atoms in total. The molecule has 1 aromatic carbocycles. The number of rotatable bonds is 7. The van der Waals surface area contributed by atoms with Crippen LogP contribution in [0.15, 0.2) is 47.5 Å². The summed E-state index contributed by atoms with van der Waals surface area (Å²) < 4.78 is 28.4. The lowest BCUT2D eigenvalue weighted by atomic mass is 10.3. The number of hydrogen-bond acceptors (Lipinski definition) is 5. The van der Waals surface area contributed by atoms with Crippen LogP contribution in [0, 0.1) is 18.6 Å². The summed E-state index contributed by atoms with van der Waals surface area (Å²) >= 11 is 2.80. The van der Waals surface area contributed by atoms with Crippen LogP contribution < -0.4 is 5.32 Å². The van der Waals surface area contributed by atoms with Crippen molar-refractivity contribution in [2.75, 3.05) is 11.1 Å². The standard InChI is InChI=1S/C18H16F2N4OS2/c1-3-6-24-17(12-7-11(2)26-9-12)22-23-18(24)27-10-16(25)21-15-5-4-13(19)8-14(15)20/h3-5,7-9H,1,6,10H2,2H3,(H,21,25). The fourth-order valence-corrected chi connectivity index (χ4v) is 3.80. The summed E-state index contributed by atoms with van der Waals surface area (Å²) in [5.74, 6) is -1.24. The Hall–Kier alpha value is -2.52. The number of thioether (sulfide) groups is 1. The zero-order valence-corrected chi connectivity index (χ0v) is 16.0. The van der Waals surface area contributed by atoms with E-state index in [-0.39, 0.29) is 11.4 Å². The summed E-state index contributed by atoms with van der Waals surface area (Å²) in [7, 11) is 0. The van der Waals surface area contributed by atoms with Crippen molar-refractivity contribution in [1.29, 1.82) is 0 Å². The normalized spacial score (nSPS) is 10.8. The molecule has 2 heterocycles. The molecule has 27 heavy (non-hydrogen) atoms. The van der Waals surface area contributed by atoms with E-state index in [2.05, 4.69) is 22.1 Å². The Balaban J connectivity index is 1.71. The van der Waals surface area contributed by atoms with Gasteiger partial charge >= 0.3 is 0 Å². The number of aryl methyl sites for hydroxylation is 1. The number of carbonyl (C=O) groups excluding carboxylic acids is 1. The number of thiophene rings is 1. The van der Waals surface area contributed by atoms with Gasteiger partial charge < -0.3 is 5.32 Å². The molecule has 0 fully saturated rings. The first-order valence-corrected chi connectivity index (χ1v) is 9.81. The maximum Gasteiger partial charge on any atom is 0.234 e. The van der Waals surface area contributed by atoms with Crippen LogP contribution >= 0.6 is 23.1 Å². The van der Waals surface area contributed by atoms with Crippen molar-refractivity contribution in [3.05, 3.63) is 58.8 Å². The van der Waals surface area contributed by atoms with Crippen molar-refractivity contribution in [1.82, 2.24) is 14.8 Å². The molecule has 1 amide bonds. The third kappa shape index (κ3) is 4.61. The van der Waals surface area contributed by atoms with Gasteiger partial charge in [-0.3, -0.25) is 9.36 Å².